The van der Waals surface area contributed by atoms with Gasteiger partial charge in [-0.25, -0.2) is 23.7 Å². The van der Waals surface area contributed by atoms with Gasteiger partial charge in [0.15, 0.2) is 11.5 Å². The number of nitrogens with zero attached hydrogens (tertiary/aromatic N) is 5. The lowest BCUT2D eigenvalue weighted by Gasteiger charge is -2.34. The number of halogens is 1. The Bertz CT molecular complexity index is 1480. The molecule has 1 aliphatic rings. The van der Waals surface area contributed by atoms with Gasteiger partial charge in [0.05, 0.1) is 5.69 Å². The van der Waals surface area contributed by atoms with Gasteiger partial charge in [-0.05, 0) is 83.0 Å². The molecule has 0 amide bonds. The Hall–Kier alpha value is -3.59. The molecular formula is C26H30FN7O. The number of aromatic nitrogens is 5. The molecule has 1 aliphatic heterocycles. The van der Waals surface area contributed by atoms with Crippen LogP contribution in [-0.2, 0) is 24.2 Å². The molecule has 0 spiro atoms. The van der Waals surface area contributed by atoms with Crippen LogP contribution in [0.4, 0.5) is 16.0 Å². The highest BCUT2D eigenvalue weighted by Gasteiger charge is 2.27. The van der Waals surface area contributed by atoms with Crippen molar-refractivity contribution in [3.05, 3.63) is 69.8 Å². The van der Waals surface area contributed by atoms with Crippen molar-refractivity contribution in [3.8, 4) is 5.82 Å². The van der Waals surface area contributed by atoms with Gasteiger partial charge in [-0.3, -0.25) is 4.79 Å². The van der Waals surface area contributed by atoms with Crippen LogP contribution in [-0.4, -0.2) is 30.9 Å². The summed E-state index contributed by atoms with van der Waals surface area (Å²) in [4.78, 5) is 26.6. The van der Waals surface area contributed by atoms with E-state index in [1.807, 2.05) is 13.0 Å². The third-order valence-corrected chi connectivity index (χ3v) is 6.53. The summed E-state index contributed by atoms with van der Waals surface area (Å²) in [6.45, 7) is 10.5. The first kappa shape index (κ1) is 23.2. The summed E-state index contributed by atoms with van der Waals surface area (Å²) in [6, 6.07) is 11.4. The Morgan fingerprint density at radius 1 is 1.20 bits per heavy atom. The van der Waals surface area contributed by atoms with Gasteiger partial charge in [-0.1, -0.05) is 12.1 Å². The number of hydrogen-bond donors (Lipinski definition) is 2. The van der Waals surface area contributed by atoms with Gasteiger partial charge in [0, 0.05) is 24.0 Å². The molecule has 2 N–H and O–H groups in total. The largest absolute Gasteiger partial charge is 0.324 e. The highest BCUT2D eigenvalue weighted by atomic mass is 19.1. The molecule has 0 saturated heterocycles. The SMILES string of the molecule is CCn1c(=O)c2cnc(Nc3ccc4c(c3)CCNC4(C)C)nc2n1-c1cccc(C(C)(C)F)n1. The summed E-state index contributed by atoms with van der Waals surface area (Å²) in [5.74, 6) is 0.796. The van der Waals surface area contributed by atoms with E-state index >= 15 is 0 Å². The highest BCUT2D eigenvalue weighted by Crippen LogP contribution is 2.31. The summed E-state index contributed by atoms with van der Waals surface area (Å²) < 4.78 is 17.8. The fourth-order valence-electron chi connectivity index (χ4n) is 4.70. The average Bonchev–Trinajstić information content (AvgIpc) is 3.09. The van der Waals surface area contributed by atoms with Gasteiger partial charge in [0.25, 0.3) is 5.56 Å². The van der Waals surface area contributed by atoms with E-state index in [2.05, 4.69) is 51.6 Å². The van der Waals surface area contributed by atoms with Gasteiger partial charge >= 0.3 is 0 Å². The summed E-state index contributed by atoms with van der Waals surface area (Å²) in [7, 11) is 0. The van der Waals surface area contributed by atoms with E-state index in [9.17, 15) is 9.18 Å². The number of pyridine rings is 1. The normalized spacial score (nSPS) is 15.3. The molecule has 0 bridgehead atoms. The molecule has 0 saturated carbocycles. The van der Waals surface area contributed by atoms with Crippen molar-refractivity contribution >= 4 is 22.7 Å². The monoisotopic (exact) mass is 475 g/mol. The molecule has 0 fully saturated rings. The fourth-order valence-corrected chi connectivity index (χ4v) is 4.70. The van der Waals surface area contributed by atoms with Crippen LogP contribution in [0.25, 0.3) is 16.9 Å². The second-order valence-corrected chi connectivity index (χ2v) is 9.92. The second kappa shape index (κ2) is 8.27. The van der Waals surface area contributed by atoms with Crippen molar-refractivity contribution in [2.75, 3.05) is 11.9 Å². The van der Waals surface area contributed by atoms with Crippen LogP contribution in [0.1, 0.15) is 51.4 Å². The zero-order chi connectivity index (χ0) is 25.0. The first-order valence-electron chi connectivity index (χ1n) is 11.9. The van der Waals surface area contributed by atoms with Crippen LogP contribution in [0.15, 0.2) is 47.4 Å². The van der Waals surface area contributed by atoms with Crippen LogP contribution >= 0.6 is 0 Å². The maximum atomic E-state index is 14.6. The minimum Gasteiger partial charge on any atom is -0.324 e. The first-order chi connectivity index (χ1) is 16.6. The number of fused-ring (bicyclic) bond motifs is 2. The molecule has 1 aromatic carbocycles. The second-order valence-electron chi connectivity index (χ2n) is 9.92. The third kappa shape index (κ3) is 4.10. The Morgan fingerprint density at radius 3 is 2.74 bits per heavy atom. The van der Waals surface area contributed by atoms with E-state index in [4.69, 9.17) is 0 Å². The van der Waals surface area contributed by atoms with E-state index in [0.717, 1.165) is 18.7 Å². The van der Waals surface area contributed by atoms with Crippen LogP contribution in [0, 0.1) is 0 Å². The summed E-state index contributed by atoms with van der Waals surface area (Å²) in [5, 5.41) is 7.21. The number of rotatable bonds is 5. The lowest BCUT2D eigenvalue weighted by atomic mass is 9.85. The maximum Gasteiger partial charge on any atom is 0.278 e. The van der Waals surface area contributed by atoms with Crippen LogP contribution in [0.3, 0.4) is 0 Å². The highest BCUT2D eigenvalue weighted by molar-refractivity contribution is 5.77. The molecular weight excluding hydrogens is 445 g/mol. The summed E-state index contributed by atoms with van der Waals surface area (Å²) in [5.41, 5.74) is 2.23. The van der Waals surface area contributed by atoms with Crippen molar-refractivity contribution < 1.29 is 4.39 Å². The third-order valence-electron chi connectivity index (χ3n) is 6.53. The lowest BCUT2D eigenvalue weighted by Crippen LogP contribution is -2.42. The molecule has 4 aromatic rings. The molecule has 0 aliphatic carbocycles. The molecule has 0 unspecified atom stereocenters. The molecule has 3 aromatic heterocycles. The standard InChI is InChI=1S/C26H30FN7O/c1-6-33-23(35)18-15-28-24(30-17-10-11-19-16(14-17)12-13-29-26(19,4)5)32-22(18)34(33)21-9-7-8-20(31-21)25(2,3)27/h7-11,14-15,29H,6,12-13H2,1-5H3,(H,28,30,32). The quantitative estimate of drug-likeness (QED) is 0.447. The van der Waals surface area contributed by atoms with E-state index < -0.39 is 5.67 Å². The zero-order valence-corrected chi connectivity index (χ0v) is 20.7. The molecule has 9 heteroatoms. The molecule has 35 heavy (non-hydrogen) atoms. The van der Waals surface area contributed by atoms with Crippen LogP contribution < -0.4 is 16.2 Å². The average molecular weight is 476 g/mol. The molecule has 182 valence electrons. The number of anilines is 2. The Labute approximate surface area is 203 Å². The fraction of sp³-hybridized carbons (Fsp3) is 0.385. The van der Waals surface area contributed by atoms with Gasteiger partial charge in [-0.2, -0.15) is 4.98 Å². The molecule has 8 nitrogen and oxygen atoms in total. The number of hydrogen-bond acceptors (Lipinski definition) is 6. The predicted octanol–water partition coefficient (Wildman–Crippen LogP) is 4.33. The van der Waals surface area contributed by atoms with Crippen molar-refractivity contribution in [2.45, 2.75) is 58.8 Å². The molecule has 0 atom stereocenters. The van der Waals surface area contributed by atoms with Crippen LogP contribution in [0.2, 0.25) is 0 Å². The van der Waals surface area contributed by atoms with Gasteiger partial charge in [0.2, 0.25) is 5.95 Å². The predicted molar refractivity (Wildman–Crippen MR) is 135 cm³/mol. The van der Waals surface area contributed by atoms with Crippen molar-refractivity contribution in [2.24, 2.45) is 0 Å². The molecule has 0 radical (unpaired) electrons. The van der Waals surface area contributed by atoms with E-state index in [1.165, 1.54) is 35.9 Å². The minimum absolute atomic E-state index is 0.0730. The smallest absolute Gasteiger partial charge is 0.278 e. The number of alkyl halides is 1. The molecule has 5 rings (SSSR count). The van der Waals surface area contributed by atoms with Crippen molar-refractivity contribution in [3.63, 3.8) is 0 Å². The summed E-state index contributed by atoms with van der Waals surface area (Å²) >= 11 is 0. The Morgan fingerprint density at radius 2 is 2.00 bits per heavy atom. The maximum absolute atomic E-state index is 14.6. The number of benzene rings is 1. The Balaban J connectivity index is 1.59. The van der Waals surface area contributed by atoms with Gasteiger partial charge in [0.1, 0.15) is 11.1 Å². The minimum atomic E-state index is -1.62. The first-order valence-corrected chi connectivity index (χ1v) is 11.9. The van der Waals surface area contributed by atoms with Gasteiger partial charge in [-0.15, -0.1) is 0 Å². The lowest BCUT2D eigenvalue weighted by molar-refractivity contribution is 0.214. The molecule has 4 heterocycles. The topological polar surface area (TPSA) is 89.7 Å². The van der Waals surface area contributed by atoms with Crippen molar-refractivity contribution in [1.82, 2.24) is 29.6 Å². The van der Waals surface area contributed by atoms with E-state index in [1.54, 1.807) is 22.9 Å². The van der Waals surface area contributed by atoms with E-state index in [-0.39, 0.29) is 16.8 Å². The van der Waals surface area contributed by atoms with E-state index in [0.29, 0.717) is 29.3 Å². The van der Waals surface area contributed by atoms with Crippen molar-refractivity contribution in [1.29, 1.82) is 0 Å². The number of nitrogens with one attached hydrogen (secondary N) is 2. The summed E-state index contributed by atoms with van der Waals surface area (Å²) in [6.07, 6.45) is 2.48. The van der Waals surface area contributed by atoms with Crippen LogP contribution in [0.5, 0.6) is 0 Å². The Kier molecular flexibility index (Phi) is 5.47. The zero-order valence-electron chi connectivity index (χ0n) is 20.7. The van der Waals surface area contributed by atoms with Gasteiger partial charge < -0.3 is 10.6 Å².